The monoisotopic (exact) mass is 562 g/mol. The number of alkyl halides is 3. The van der Waals surface area contributed by atoms with Crippen LogP contribution < -0.4 is 5.56 Å². The Morgan fingerprint density at radius 1 is 1.03 bits per heavy atom. The van der Waals surface area contributed by atoms with Crippen LogP contribution in [-0.2, 0) is 22.6 Å². The molecular formula is C26H18ClF3N2O3S2. The molecule has 5 nitrogen and oxygen atoms in total. The highest BCUT2D eigenvalue weighted by molar-refractivity contribution is 7.91. The Kier molecular flexibility index (Phi) is 7.33. The van der Waals surface area contributed by atoms with Crippen LogP contribution in [0, 0.1) is 11.3 Å². The number of hydrogen-bond donors (Lipinski definition) is 0. The van der Waals surface area contributed by atoms with E-state index in [1.807, 2.05) is 0 Å². The average molecular weight is 563 g/mol. The van der Waals surface area contributed by atoms with Crippen molar-refractivity contribution in [1.29, 1.82) is 5.26 Å². The Morgan fingerprint density at radius 2 is 1.73 bits per heavy atom. The van der Waals surface area contributed by atoms with E-state index in [2.05, 4.69) is 0 Å². The molecule has 2 heterocycles. The Labute approximate surface area is 219 Å². The third-order valence-electron chi connectivity index (χ3n) is 5.72. The Balaban J connectivity index is 1.92. The number of hydrogen-bond acceptors (Lipinski definition) is 5. The lowest BCUT2D eigenvalue weighted by Gasteiger charge is -2.17. The van der Waals surface area contributed by atoms with Crippen molar-refractivity contribution in [3.8, 4) is 27.1 Å². The zero-order chi connectivity index (χ0) is 27.0. The van der Waals surface area contributed by atoms with Gasteiger partial charge in [-0.25, -0.2) is 8.42 Å². The average Bonchev–Trinajstić information content (AvgIpc) is 3.36. The molecule has 11 heteroatoms. The predicted octanol–water partition coefficient (Wildman–Crippen LogP) is 6.63. The van der Waals surface area contributed by atoms with E-state index in [-0.39, 0.29) is 22.9 Å². The number of nitriles is 1. The van der Waals surface area contributed by atoms with E-state index in [9.17, 15) is 31.6 Å². The van der Waals surface area contributed by atoms with Crippen LogP contribution in [-0.4, -0.2) is 18.7 Å². The number of thiophene rings is 1. The molecule has 0 saturated carbocycles. The van der Waals surface area contributed by atoms with Crippen molar-refractivity contribution < 1.29 is 21.6 Å². The van der Waals surface area contributed by atoms with Crippen molar-refractivity contribution >= 4 is 32.8 Å². The zero-order valence-electron chi connectivity index (χ0n) is 19.2. The summed E-state index contributed by atoms with van der Waals surface area (Å²) in [7, 11) is -3.46. The third kappa shape index (κ3) is 5.34. The van der Waals surface area contributed by atoms with Gasteiger partial charge >= 0.3 is 6.18 Å². The van der Waals surface area contributed by atoms with Gasteiger partial charge in [-0.3, -0.25) is 4.79 Å². The molecule has 0 atom stereocenters. The summed E-state index contributed by atoms with van der Waals surface area (Å²) in [4.78, 5) is 14.2. The van der Waals surface area contributed by atoms with Crippen molar-refractivity contribution in [2.45, 2.75) is 24.5 Å². The first kappa shape index (κ1) is 26.7. The minimum absolute atomic E-state index is 0.0372. The summed E-state index contributed by atoms with van der Waals surface area (Å²) < 4.78 is 67.2. The second kappa shape index (κ2) is 10.2. The van der Waals surface area contributed by atoms with Crippen molar-refractivity contribution in [3.05, 3.63) is 98.8 Å². The molecule has 0 amide bonds. The van der Waals surface area contributed by atoms with Gasteiger partial charge in [0.15, 0.2) is 9.84 Å². The third-order valence-corrected chi connectivity index (χ3v) is 8.98. The topological polar surface area (TPSA) is 79.9 Å². The van der Waals surface area contributed by atoms with Gasteiger partial charge in [-0.15, -0.1) is 11.3 Å². The summed E-state index contributed by atoms with van der Waals surface area (Å²) in [5.74, 6) is -0.0775. The van der Waals surface area contributed by atoms with Gasteiger partial charge in [0.25, 0.3) is 5.56 Å². The van der Waals surface area contributed by atoms with Crippen molar-refractivity contribution in [1.82, 2.24) is 4.57 Å². The molecule has 0 radical (unpaired) electrons. The van der Waals surface area contributed by atoms with Crippen LogP contribution in [0.5, 0.6) is 0 Å². The first-order valence-corrected chi connectivity index (χ1v) is 13.7. The molecule has 0 fully saturated rings. The lowest BCUT2D eigenvalue weighted by molar-refractivity contribution is -0.137. The molecule has 0 bridgehead atoms. The number of sulfone groups is 1. The molecule has 0 N–H and O–H groups in total. The molecular weight excluding hydrogens is 545 g/mol. The van der Waals surface area contributed by atoms with Gasteiger partial charge in [-0.2, -0.15) is 18.4 Å². The van der Waals surface area contributed by atoms with Gasteiger partial charge in [0.1, 0.15) is 11.6 Å². The summed E-state index contributed by atoms with van der Waals surface area (Å²) >= 11 is 7.34. The number of pyridine rings is 1. The predicted molar refractivity (Wildman–Crippen MR) is 137 cm³/mol. The van der Waals surface area contributed by atoms with E-state index in [4.69, 9.17) is 11.6 Å². The van der Waals surface area contributed by atoms with Gasteiger partial charge in [0, 0.05) is 9.90 Å². The Hall–Kier alpha value is -3.39. The molecule has 2 aromatic heterocycles. The molecule has 4 rings (SSSR count). The summed E-state index contributed by atoms with van der Waals surface area (Å²) in [6.45, 7) is 1.38. The van der Waals surface area contributed by atoms with Gasteiger partial charge in [0.2, 0.25) is 0 Å². The molecule has 2 aromatic carbocycles. The van der Waals surface area contributed by atoms with Crippen LogP contribution in [0.1, 0.15) is 23.6 Å². The summed E-state index contributed by atoms with van der Waals surface area (Å²) in [5.41, 5.74) is -2.39. The smallest absolute Gasteiger partial charge is 0.302 e. The van der Waals surface area contributed by atoms with Gasteiger partial charge in [-0.05, 0) is 47.5 Å². The van der Waals surface area contributed by atoms with E-state index in [0.29, 0.717) is 25.9 Å². The van der Waals surface area contributed by atoms with Crippen LogP contribution in [0.4, 0.5) is 13.2 Å². The summed E-state index contributed by atoms with van der Waals surface area (Å²) in [6.07, 6.45) is -4.93. The maximum absolute atomic E-state index is 13.8. The SMILES string of the molecule is CCS(=O)(=O)c1cccc(-c2ccc(-c3cc(C(F)(F)F)c(C#N)c(=O)n3Cc3ccccc3Cl)s2)c1. The first-order valence-electron chi connectivity index (χ1n) is 10.9. The lowest BCUT2D eigenvalue weighted by Crippen LogP contribution is -2.28. The maximum Gasteiger partial charge on any atom is 0.417 e. The summed E-state index contributed by atoms with van der Waals surface area (Å²) in [6, 6.07) is 18.3. The number of nitrogens with zero attached hydrogens (tertiary/aromatic N) is 2. The maximum atomic E-state index is 13.8. The molecule has 0 saturated heterocycles. The number of rotatable bonds is 6. The highest BCUT2D eigenvalue weighted by Gasteiger charge is 2.36. The van der Waals surface area contributed by atoms with Crippen LogP contribution in [0.3, 0.4) is 0 Å². The Bertz CT molecular complexity index is 1700. The van der Waals surface area contributed by atoms with Gasteiger partial charge < -0.3 is 4.57 Å². The second-order valence-electron chi connectivity index (χ2n) is 8.01. The molecule has 0 unspecified atom stereocenters. The van der Waals surface area contributed by atoms with Gasteiger partial charge in [0.05, 0.1) is 33.3 Å². The largest absolute Gasteiger partial charge is 0.417 e. The lowest BCUT2D eigenvalue weighted by atomic mass is 10.1. The van der Waals surface area contributed by atoms with Crippen molar-refractivity contribution in [2.24, 2.45) is 0 Å². The van der Waals surface area contributed by atoms with E-state index >= 15 is 0 Å². The highest BCUT2D eigenvalue weighted by Crippen LogP contribution is 2.38. The quantitative estimate of drug-likeness (QED) is 0.264. The molecule has 190 valence electrons. The van der Waals surface area contributed by atoms with E-state index in [0.717, 1.165) is 22.0 Å². The van der Waals surface area contributed by atoms with Crippen LogP contribution in [0.25, 0.3) is 21.0 Å². The highest BCUT2D eigenvalue weighted by atomic mass is 35.5. The zero-order valence-corrected chi connectivity index (χ0v) is 21.6. The van der Waals surface area contributed by atoms with E-state index in [1.54, 1.807) is 48.5 Å². The van der Waals surface area contributed by atoms with Crippen molar-refractivity contribution in [3.63, 3.8) is 0 Å². The first-order chi connectivity index (χ1) is 17.5. The number of benzene rings is 2. The van der Waals surface area contributed by atoms with Crippen LogP contribution >= 0.6 is 22.9 Å². The fraction of sp³-hybridized carbons (Fsp3) is 0.154. The normalized spacial score (nSPS) is 11.9. The molecule has 37 heavy (non-hydrogen) atoms. The minimum atomic E-state index is -4.93. The minimum Gasteiger partial charge on any atom is -0.302 e. The number of halogens is 4. The van der Waals surface area contributed by atoms with Gasteiger partial charge in [-0.1, -0.05) is 48.9 Å². The summed E-state index contributed by atoms with van der Waals surface area (Å²) in [5, 5.41) is 9.72. The Morgan fingerprint density at radius 3 is 2.38 bits per heavy atom. The molecule has 0 aliphatic rings. The van der Waals surface area contributed by atoms with E-state index in [1.165, 1.54) is 25.1 Å². The molecule has 0 aliphatic carbocycles. The van der Waals surface area contributed by atoms with Crippen LogP contribution in [0.2, 0.25) is 5.02 Å². The number of aromatic nitrogens is 1. The molecule has 4 aromatic rings. The van der Waals surface area contributed by atoms with Crippen molar-refractivity contribution in [2.75, 3.05) is 5.75 Å². The standard InChI is InChI=1S/C26H18ClF3N2O3S2/c1-2-37(34,35)18-8-5-7-16(12-18)23-10-11-24(36-23)22-13-20(26(28,29)30)19(14-31)25(33)32(22)15-17-6-3-4-9-21(17)27/h3-13H,2,15H2,1H3. The molecule has 0 aliphatic heterocycles. The molecule has 0 spiro atoms. The second-order valence-corrected chi connectivity index (χ2v) is 11.8. The van der Waals surface area contributed by atoms with E-state index < -0.39 is 32.7 Å². The fourth-order valence-corrected chi connectivity index (χ4v) is 5.93. The fourth-order valence-electron chi connectivity index (χ4n) is 3.78. The van der Waals surface area contributed by atoms with Crippen LogP contribution in [0.15, 0.2) is 76.4 Å².